The Balaban J connectivity index is 2.04. The summed E-state index contributed by atoms with van der Waals surface area (Å²) in [5.41, 5.74) is 0.756. The van der Waals surface area contributed by atoms with Gasteiger partial charge in [-0.15, -0.1) is 0 Å². The van der Waals surface area contributed by atoms with Crippen molar-refractivity contribution in [3.05, 3.63) is 21.0 Å². The van der Waals surface area contributed by atoms with E-state index in [2.05, 4.69) is 33.3 Å². The van der Waals surface area contributed by atoms with Gasteiger partial charge in [0.05, 0.1) is 11.9 Å². The lowest BCUT2D eigenvalue weighted by molar-refractivity contribution is 0.611. The summed E-state index contributed by atoms with van der Waals surface area (Å²) in [6.07, 6.45) is 5.34. The number of halogens is 1. The largest absolute Gasteiger partial charge is 0.380 e. The summed E-state index contributed by atoms with van der Waals surface area (Å²) in [7, 11) is 0. The highest BCUT2D eigenvalue weighted by molar-refractivity contribution is 9.10. The Bertz CT molecular complexity index is 491. The van der Waals surface area contributed by atoms with E-state index >= 15 is 0 Å². The number of hydrogen-bond donors (Lipinski definition) is 1. The van der Waals surface area contributed by atoms with Gasteiger partial charge in [-0.1, -0.05) is 6.92 Å². The van der Waals surface area contributed by atoms with Gasteiger partial charge in [0.1, 0.15) is 4.47 Å². The van der Waals surface area contributed by atoms with Gasteiger partial charge in [-0.2, -0.15) is 16.9 Å². The Kier molecular flexibility index (Phi) is 5.33. The van der Waals surface area contributed by atoms with Crippen LogP contribution < -0.4 is 10.9 Å². The summed E-state index contributed by atoms with van der Waals surface area (Å²) in [4.78, 5) is 12.0. The number of aryl methyl sites for hydroxylation is 1. The van der Waals surface area contributed by atoms with E-state index in [1.165, 1.54) is 29.7 Å². The third-order valence-electron chi connectivity index (χ3n) is 3.43. The van der Waals surface area contributed by atoms with Crippen molar-refractivity contribution in [1.82, 2.24) is 9.78 Å². The van der Waals surface area contributed by atoms with Crippen LogP contribution in [0, 0.1) is 0 Å². The highest BCUT2D eigenvalue weighted by Gasteiger charge is 2.25. The van der Waals surface area contributed by atoms with Crippen molar-refractivity contribution >= 4 is 33.4 Å². The van der Waals surface area contributed by atoms with Gasteiger partial charge in [0.15, 0.2) is 0 Å². The molecule has 2 atom stereocenters. The molecule has 1 aliphatic carbocycles. The average Bonchev–Trinajstić information content (AvgIpc) is 2.83. The van der Waals surface area contributed by atoms with E-state index in [1.807, 2.05) is 18.7 Å². The van der Waals surface area contributed by atoms with E-state index in [0.29, 0.717) is 17.1 Å². The first-order valence-electron chi connectivity index (χ1n) is 6.79. The Morgan fingerprint density at radius 2 is 2.32 bits per heavy atom. The first-order chi connectivity index (χ1) is 9.15. The molecule has 6 heteroatoms. The Hall–Kier alpha value is -0.490. The first kappa shape index (κ1) is 14.9. The molecule has 0 spiro atoms. The average molecular weight is 346 g/mol. The van der Waals surface area contributed by atoms with E-state index in [1.54, 1.807) is 6.20 Å². The number of rotatable bonds is 5. The Morgan fingerprint density at radius 3 is 3.00 bits per heavy atom. The van der Waals surface area contributed by atoms with Crippen LogP contribution in [0.25, 0.3) is 0 Å². The van der Waals surface area contributed by atoms with Gasteiger partial charge in [-0.05, 0) is 47.9 Å². The number of nitrogens with one attached hydrogen (secondary N) is 1. The van der Waals surface area contributed by atoms with E-state index in [0.717, 1.165) is 10.9 Å². The van der Waals surface area contributed by atoms with Crippen molar-refractivity contribution in [3.8, 4) is 0 Å². The van der Waals surface area contributed by atoms with Gasteiger partial charge in [0, 0.05) is 17.8 Å². The second kappa shape index (κ2) is 6.79. The van der Waals surface area contributed by atoms with Crippen LogP contribution >= 0.6 is 27.7 Å². The van der Waals surface area contributed by atoms with Crippen LogP contribution in [0.4, 0.5) is 5.69 Å². The highest BCUT2D eigenvalue weighted by Crippen LogP contribution is 2.32. The molecule has 1 heterocycles. The summed E-state index contributed by atoms with van der Waals surface area (Å²) in [5, 5.41) is 8.37. The minimum Gasteiger partial charge on any atom is -0.380 e. The highest BCUT2D eigenvalue weighted by atomic mass is 79.9. The van der Waals surface area contributed by atoms with Gasteiger partial charge in [-0.3, -0.25) is 4.79 Å². The van der Waals surface area contributed by atoms with Gasteiger partial charge < -0.3 is 5.32 Å². The fourth-order valence-corrected chi connectivity index (χ4v) is 4.03. The van der Waals surface area contributed by atoms with E-state index in [9.17, 15) is 4.79 Å². The summed E-state index contributed by atoms with van der Waals surface area (Å²) in [5.74, 6) is 1.18. The van der Waals surface area contributed by atoms with E-state index < -0.39 is 0 Å². The van der Waals surface area contributed by atoms with Gasteiger partial charge >= 0.3 is 0 Å². The standard InChI is InChI=1S/C13H20BrN3OS/c1-3-17-13(18)12(14)11(8-15-17)16-9-5-6-10(7-9)19-4-2/h8-10,16H,3-7H2,1-2H3. The number of nitrogens with zero attached hydrogens (tertiary/aromatic N) is 2. The van der Waals surface area contributed by atoms with Crippen molar-refractivity contribution < 1.29 is 0 Å². The summed E-state index contributed by atoms with van der Waals surface area (Å²) in [6.45, 7) is 4.71. The second-order valence-electron chi connectivity index (χ2n) is 4.72. The molecule has 0 radical (unpaired) electrons. The molecule has 0 aromatic carbocycles. The number of thioether (sulfide) groups is 1. The molecule has 4 nitrogen and oxygen atoms in total. The monoisotopic (exact) mass is 345 g/mol. The molecule has 1 aromatic rings. The quantitative estimate of drug-likeness (QED) is 0.890. The summed E-state index contributed by atoms with van der Waals surface area (Å²) < 4.78 is 2.05. The molecule has 106 valence electrons. The summed E-state index contributed by atoms with van der Waals surface area (Å²) >= 11 is 5.42. The molecule has 2 rings (SSSR count). The molecule has 0 saturated heterocycles. The van der Waals surface area contributed by atoms with Crippen LogP contribution in [-0.2, 0) is 6.54 Å². The number of hydrogen-bond acceptors (Lipinski definition) is 4. The molecular formula is C13H20BrN3OS. The molecule has 1 aromatic heterocycles. The lowest BCUT2D eigenvalue weighted by Crippen LogP contribution is -2.25. The zero-order chi connectivity index (χ0) is 13.8. The maximum Gasteiger partial charge on any atom is 0.283 e. The minimum atomic E-state index is -0.0648. The van der Waals surface area contributed by atoms with Gasteiger partial charge in [0.2, 0.25) is 0 Å². The molecule has 0 amide bonds. The van der Waals surface area contributed by atoms with Crippen LogP contribution in [0.2, 0.25) is 0 Å². The molecular weight excluding hydrogens is 326 g/mol. The minimum absolute atomic E-state index is 0.0648. The predicted molar refractivity (Wildman–Crippen MR) is 85.1 cm³/mol. The zero-order valence-corrected chi connectivity index (χ0v) is 13.8. The fraction of sp³-hybridized carbons (Fsp3) is 0.692. The molecule has 1 N–H and O–H groups in total. The predicted octanol–water partition coefficient (Wildman–Crippen LogP) is 3.11. The normalized spacial score (nSPS) is 22.7. The number of anilines is 1. The molecule has 1 fully saturated rings. The SMILES string of the molecule is CCSC1CCC(Nc2cnn(CC)c(=O)c2Br)C1. The van der Waals surface area contributed by atoms with Crippen molar-refractivity contribution in [2.75, 3.05) is 11.1 Å². The van der Waals surface area contributed by atoms with Crippen molar-refractivity contribution in [2.45, 2.75) is 50.9 Å². The van der Waals surface area contributed by atoms with E-state index in [4.69, 9.17) is 0 Å². The van der Waals surface area contributed by atoms with E-state index in [-0.39, 0.29) is 5.56 Å². The molecule has 19 heavy (non-hydrogen) atoms. The molecule has 0 aliphatic heterocycles. The maximum atomic E-state index is 12.0. The summed E-state index contributed by atoms with van der Waals surface area (Å²) in [6, 6.07) is 0.457. The smallest absolute Gasteiger partial charge is 0.283 e. The van der Waals surface area contributed by atoms with Crippen LogP contribution in [0.15, 0.2) is 15.5 Å². The third-order valence-corrected chi connectivity index (χ3v) is 5.43. The lowest BCUT2D eigenvalue weighted by atomic mass is 10.2. The van der Waals surface area contributed by atoms with Crippen molar-refractivity contribution in [1.29, 1.82) is 0 Å². The van der Waals surface area contributed by atoms with Crippen LogP contribution in [0.3, 0.4) is 0 Å². The maximum absolute atomic E-state index is 12.0. The van der Waals surface area contributed by atoms with Gasteiger partial charge in [-0.25, -0.2) is 4.68 Å². The van der Waals surface area contributed by atoms with Crippen molar-refractivity contribution in [2.24, 2.45) is 0 Å². The van der Waals surface area contributed by atoms with Crippen LogP contribution in [0.5, 0.6) is 0 Å². The third kappa shape index (κ3) is 3.54. The number of aromatic nitrogens is 2. The Labute approximate surface area is 126 Å². The molecule has 0 bridgehead atoms. The topological polar surface area (TPSA) is 46.9 Å². The molecule has 1 aliphatic rings. The molecule has 1 saturated carbocycles. The van der Waals surface area contributed by atoms with Crippen LogP contribution in [-0.4, -0.2) is 26.8 Å². The zero-order valence-electron chi connectivity index (χ0n) is 11.4. The second-order valence-corrected chi connectivity index (χ2v) is 7.10. The Morgan fingerprint density at radius 1 is 1.53 bits per heavy atom. The van der Waals surface area contributed by atoms with Crippen LogP contribution in [0.1, 0.15) is 33.1 Å². The lowest BCUT2D eigenvalue weighted by Gasteiger charge is -2.15. The van der Waals surface area contributed by atoms with Gasteiger partial charge in [0.25, 0.3) is 5.56 Å². The first-order valence-corrected chi connectivity index (χ1v) is 8.63. The van der Waals surface area contributed by atoms with Crippen molar-refractivity contribution in [3.63, 3.8) is 0 Å². The molecule has 2 unspecified atom stereocenters. The fourth-order valence-electron chi connectivity index (χ4n) is 2.47.